The average molecular weight is 236 g/mol. The lowest BCUT2D eigenvalue weighted by molar-refractivity contribution is 0.0323. The van der Waals surface area contributed by atoms with Crippen LogP contribution in [0.4, 0.5) is 0 Å². The first-order valence-electron chi connectivity index (χ1n) is 6.84. The second kappa shape index (κ2) is 5.89. The molecule has 1 aliphatic rings. The van der Waals surface area contributed by atoms with Crippen molar-refractivity contribution in [2.45, 2.75) is 46.6 Å². The lowest BCUT2D eigenvalue weighted by atomic mass is 9.61. The van der Waals surface area contributed by atoms with Crippen LogP contribution in [0.2, 0.25) is 0 Å². The van der Waals surface area contributed by atoms with Crippen LogP contribution >= 0.6 is 0 Å². The zero-order valence-corrected chi connectivity index (χ0v) is 11.9. The van der Waals surface area contributed by atoms with Crippen LogP contribution in [0.15, 0.2) is 0 Å². The van der Waals surface area contributed by atoms with Gasteiger partial charge in [0.15, 0.2) is 0 Å². The first-order valence-corrected chi connectivity index (χ1v) is 6.84. The molecular formula is C15H28N2. The topological polar surface area (TPSA) is 29.3 Å². The van der Waals surface area contributed by atoms with E-state index in [0.29, 0.717) is 23.3 Å². The van der Waals surface area contributed by atoms with Crippen molar-refractivity contribution in [3.05, 3.63) is 0 Å². The number of hydrogen-bond acceptors (Lipinski definition) is 2. The van der Waals surface area contributed by atoms with Crippen molar-refractivity contribution in [3.8, 4) is 12.3 Å². The Morgan fingerprint density at radius 1 is 1.41 bits per heavy atom. The summed E-state index contributed by atoms with van der Waals surface area (Å²) in [5.41, 5.74) is 6.51. The van der Waals surface area contributed by atoms with E-state index in [2.05, 4.69) is 38.5 Å². The molecule has 0 aromatic heterocycles. The smallest absolute Gasteiger partial charge is 0.0598 e. The van der Waals surface area contributed by atoms with Gasteiger partial charge in [-0.25, -0.2) is 0 Å². The molecule has 1 fully saturated rings. The molecule has 3 atom stereocenters. The number of terminal acetylenes is 1. The molecule has 0 bridgehead atoms. The van der Waals surface area contributed by atoms with Gasteiger partial charge < -0.3 is 5.73 Å². The third-order valence-electron chi connectivity index (χ3n) is 4.96. The fourth-order valence-corrected chi connectivity index (χ4v) is 3.01. The lowest BCUT2D eigenvalue weighted by Crippen LogP contribution is -2.50. The normalized spacial score (nSPS) is 32.4. The summed E-state index contributed by atoms with van der Waals surface area (Å²) in [5, 5.41) is 0. The van der Waals surface area contributed by atoms with Crippen molar-refractivity contribution in [1.29, 1.82) is 0 Å². The summed E-state index contributed by atoms with van der Waals surface area (Å²) in [4.78, 5) is 2.37. The Labute approximate surface area is 107 Å². The molecule has 2 N–H and O–H groups in total. The van der Waals surface area contributed by atoms with E-state index in [4.69, 9.17) is 12.2 Å². The molecule has 2 nitrogen and oxygen atoms in total. The molecule has 0 saturated heterocycles. The molecule has 0 radical (unpaired) electrons. The Balaban J connectivity index is 2.67. The molecule has 1 rings (SSSR count). The Bertz CT molecular complexity index is 277. The third kappa shape index (κ3) is 3.24. The molecule has 0 amide bonds. The molecule has 0 heterocycles. The quantitative estimate of drug-likeness (QED) is 0.759. The standard InChI is InChI=1S/C15H28N2/c1-6-10-17(7-2)11-13-8-9-14(16)12(3)15(13,4)5/h1,12-14H,7-11,16H2,2-5H3. The van der Waals surface area contributed by atoms with Crippen LogP contribution in [-0.4, -0.2) is 30.6 Å². The zero-order valence-electron chi connectivity index (χ0n) is 11.9. The van der Waals surface area contributed by atoms with Gasteiger partial charge in [0.05, 0.1) is 6.54 Å². The van der Waals surface area contributed by atoms with Crippen LogP contribution in [0.1, 0.15) is 40.5 Å². The predicted octanol–water partition coefficient (Wildman–Crippen LogP) is 2.34. The minimum atomic E-state index is 0.319. The van der Waals surface area contributed by atoms with E-state index in [1.54, 1.807) is 0 Å². The molecule has 1 saturated carbocycles. The molecule has 1 aliphatic carbocycles. The van der Waals surface area contributed by atoms with Gasteiger partial charge in [-0.3, -0.25) is 4.90 Å². The van der Waals surface area contributed by atoms with Gasteiger partial charge in [-0.15, -0.1) is 6.42 Å². The molecule has 17 heavy (non-hydrogen) atoms. The van der Waals surface area contributed by atoms with Gasteiger partial charge in [0.2, 0.25) is 0 Å². The van der Waals surface area contributed by atoms with Crippen LogP contribution in [0, 0.1) is 29.6 Å². The van der Waals surface area contributed by atoms with Gasteiger partial charge >= 0.3 is 0 Å². The highest BCUT2D eigenvalue weighted by Gasteiger charge is 2.41. The molecule has 0 aliphatic heterocycles. The van der Waals surface area contributed by atoms with Gasteiger partial charge in [0, 0.05) is 12.6 Å². The van der Waals surface area contributed by atoms with E-state index in [9.17, 15) is 0 Å². The zero-order chi connectivity index (χ0) is 13.1. The van der Waals surface area contributed by atoms with E-state index < -0.39 is 0 Å². The lowest BCUT2D eigenvalue weighted by Gasteiger charge is -2.48. The Morgan fingerprint density at radius 2 is 2.06 bits per heavy atom. The summed E-state index contributed by atoms with van der Waals surface area (Å²) in [7, 11) is 0. The van der Waals surface area contributed by atoms with E-state index in [0.717, 1.165) is 26.1 Å². The summed E-state index contributed by atoms with van der Waals surface area (Å²) in [6.07, 6.45) is 7.81. The molecular weight excluding hydrogens is 208 g/mol. The number of nitrogens with two attached hydrogens (primary N) is 1. The van der Waals surface area contributed by atoms with Crippen molar-refractivity contribution in [3.63, 3.8) is 0 Å². The van der Waals surface area contributed by atoms with E-state index >= 15 is 0 Å². The average Bonchev–Trinajstić information content (AvgIpc) is 2.29. The molecule has 0 spiro atoms. The summed E-state index contributed by atoms with van der Waals surface area (Å²) in [6, 6.07) is 0.365. The molecule has 0 aromatic carbocycles. The number of rotatable bonds is 4. The second-order valence-corrected chi connectivity index (χ2v) is 6.08. The molecule has 0 aromatic rings. The maximum atomic E-state index is 6.19. The Kier molecular flexibility index (Phi) is 5.04. The second-order valence-electron chi connectivity index (χ2n) is 6.08. The number of nitrogens with zero attached hydrogens (tertiary/aromatic N) is 1. The highest BCUT2D eigenvalue weighted by molar-refractivity contribution is 4.96. The Hall–Kier alpha value is -0.520. The van der Waals surface area contributed by atoms with Crippen LogP contribution in [0.5, 0.6) is 0 Å². The minimum Gasteiger partial charge on any atom is -0.327 e. The minimum absolute atomic E-state index is 0.319. The van der Waals surface area contributed by atoms with Gasteiger partial charge in [-0.1, -0.05) is 33.6 Å². The Morgan fingerprint density at radius 3 is 2.59 bits per heavy atom. The fourth-order valence-electron chi connectivity index (χ4n) is 3.01. The van der Waals surface area contributed by atoms with Crippen LogP contribution in [0.3, 0.4) is 0 Å². The molecule has 98 valence electrons. The van der Waals surface area contributed by atoms with Crippen molar-refractivity contribution >= 4 is 0 Å². The molecule has 2 heteroatoms. The highest BCUT2D eigenvalue weighted by Crippen LogP contribution is 2.44. The first-order chi connectivity index (χ1) is 7.93. The highest BCUT2D eigenvalue weighted by atomic mass is 15.1. The first kappa shape index (κ1) is 14.5. The summed E-state index contributed by atoms with van der Waals surface area (Å²) >= 11 is 0. The maximum absolute atomic E-state index is 6.19. The predicted molar refractivity (Wildman–Crippen MR) is 74.6 cm³/mol. The van der Waals surface area contributed by atoms with Crippen molar-refractivity contribution in [2.75, 3.05) is 19.6 Å². The van der Waals surface area contributed by atoms with Gasteiger partial charge in [-0.2, -0.15) is 0 Å². The van der Waals surface area contributed by atoms with Gasteiger partial charge in [-0.05, 0) is 36.6 Å². The number of hydrogen-bond donors (Lipinski definition) is 1. The largest absolute Gasteiger partial charge is 0.327 e. The fraction of sp³-hybridized carbons (Fsp3) is 0.867. The monoisotopic (exact) mass is 236 g/mol. The molecule has 3 unspecified atom stereocenters. The third-order valence-corrected chi connectivity index (χ3v) is 4.96. The van der Waals surface area contributed by atoms with Crippen molar-refractivity contribution < 1.29 is 0 Å². The van der Waals surface area contributed by atoms with Crippen LogP contribution in [0.25, 0.3) is 0 Å². The van der Waals surface area contributed by atoms with Gasteiger partial charge in [0.1, 0.15) is 0 Å². The van der Waals surface area contributed by atoms with Crippen molar-refractivity contribution in [1.82, 2.24) is 4.90 Å². The summed E-state index contributed by atoms with van der Waals surface area (Å²) < 4.78 is 0. The van der Waals surface area contributed by atoms with Crippen LogP contribution < -0.4 is 5.73 Å². The van der Waals surface area contributed by atoms with Crippen LogP contribution in [-0.2, 0) is 0 Å². The maximum Gasteiger partial charge on any atom is 0.0598 e. The SMILES string of the molecule is C#CCN(CC)CC1CCC(N)C(C)C1(C)C. The summed E-state index contributed by atoms with van der Waals surface area (Å²) in [6.45, 7) is 12.1. The van der Waals surface area contributed by atoms with Crippen molar-refractivity contribution in [2.24, 2.45) is 23.0 Å². The van der Waals surface area contributed by atoms with E-state index in [-0.39, 0.29) is 0 Å². The van der Waals surface area contributed by atoms with Gasteiger partial charge in [0.25, 0.3) is 0 Å². The van der Waals surface area contributed by atoms with E-state index in [1.165, 1.54) is 6.42 Å². The van der Waals surface area contributed by atoms with E-state index in [1.807, 2.05) is 0 Å². The summed E-state index contributed by atoms with van der Waals surface area (Å²) in [5.74, 6) is 4.06.